The van der Waals surface area contributed by atoms with Gasteiger partial charge < -0.3 is 15.0 Å². The molecule has 102 valence electrons. The van der Waals surface area contributed by atoms with Crippen LogP contribution < -0.4 is 10.1 Å². The lowest BCUT2D eigenvalue weighted by Gasteiger charge is -2.24. The summed E-state index contributed by atoms with van der Waals surface area (Å²) in [4.78, 5) is 11.9. The van der Waals surface area contributed by atoms with Gasteiger partial charge >= 0.3 is 0 Å². The summed E-state index contributed by atoms with van der Waals surface area (Å²) in [6.07, 6.45) is 7.77. The summed E-state index contributed by atoms with van der Waals surface area (Å²) >= 11 is 0. The molecule has 0 aliphatic carbocycles. The van der Waals surface area contributed by atoms with Crippen molar-refractivity contribution in [2.75, 3.05) is 13.1 Å². The molecule has 3 aromatic rings. The van der Waals surface area contributed by atoms with Crippen molar-refractivity contribution in [2.45, 2.75) is 18.9 Å². The minimum atomic E-state index is 0.269. The summed E-state index contributed by atoms with van der Waals surface area (Å²) in [6.45, 7) is 2.03. The van der Waals surface area contributed by atoms with E-state index in [1.807, 2.05) is 18.5 Å². The molecule has 1 aliphatic rings. The van der Waals surface area contributed by atoms with Crippen molar-refractivity contribution >= 4 is 21.9 Å². The molecule has 2 N–H and O–H groups in total. The Balaban J connectivity index is 1.81. The monoisotopic (exact) mass is 268 g/mol. The summed E-state index contributed by atoms with van der Waals surface area (Å²) in [5.74, 6) is 0.855. The van der Waals surface area contributed by atoms with E-state index in [4.69, 9.17) is 4.74 Å². The number of rotatable bonds is 2. The summed E-state index contributed by atoms with van der Waals surface area (Å²) in [5.41, 5.74) is 1.86. The van der Waals surface area contributed by atoms with Crippen LogP contribution in [0.1, 0.15) is 12.8 Å². The lowest BCUT2D eigenvalue weighted by atomic mass is 10.1. The molecule has 4 rings (SSSR count). The molecule has 20 heavy (non-hydrogen) atoms. The fraction of sp³-hybridized carbons (Fsp3) is 0.333. The molecule has 0 bridgehead atoms. The van der Waals surface area contributed by atoms with E-state index < -0.39 is 0 Å². The van der Waals surface area contributed by atoms with Crippen LogP contribution in [-0.2, 0) is 0 Å². The first-order valence-corrected chi connectivity index (χ1v) is 6.99. The van der Waals surface area contributed by atoms with E-state index in [9.17, 15) is 0 Å². The Morgan fingerprint density at radius 1 is 1.20 bits per heavy atom. The molecule has 0 saturated carbocycles. The zero-order chi connectivity index (χ0) is 13.4. The SMILES string of the molecule is c1cnc2[nH]c3cncc(OC4CCNCC4)c3c2c1. The summed E-state index contributed by atoms with van der Waals surface area (Å²) in [5, 5.41) is 5.53. The maximum absolute atomic E-state index is 6.18. The van der Waals surface area contributed by atoms with Gasteiger partial charge in [0, 0.05) is 11.6 Å². The number of nitrogens with zero attached hydrogens (tertiary/aromatic N) is 2. The van der Waals surface area contributed by atoms with E-state index in [1.165, 1.54) is 0 Å². The molecule has 0 spiro atoms. The van der Waals surface area contributed by atoms with Gasteiger partial charge in [-0.3, -0.25) is 4.98 Å². The van der Waals surface area contributed by atoms with Crippen LogP contribution >= 0.6 is 0 Å². The van der Waals surface area contributed by atoms with Gasteiger partial charge in [-0.1, -0.05) is 0 Å². The second kappa shape index (κ2) is 4.76. The molecule has 5 heteroatoms. The van der Waals surface area contributed by atoms with Gasteiger partial charge in [-0.25, -0.2) is 4.98 Å². The predicted octanol–water partition coefficient (Wildman–Crippen LogP) is 2.24. The minimum Gasteiger partial charge on any atom is -0.488 e. The fourth-order valence-corrected chi connectivity index (χ4v) is 2.83. The van der Waals surface area contributed by atoms with Gasteiger partial charge in [-0.2, -0.15) is 0 Å². The number of aromatic nitrogens is 3. The molecule has 4 heterocycles. The van der Waals surface area contributed by atoms with Crippen LogP contribution in [0.25, 0.3) is 21.9 Å². The van der Waals surface area contributed by atoms with Gasteiger partial charge in [0.25, 0.3) is 0 Å². The molecular weight excluding hydrogens is 252 g/mol. The quantitative estimate of drug-likeness (QED) is 0.748. The van der Waals surface area contributed by atoms with Crippen LogP contribution in [0.5, 0.6) is 5.75 Å². The number of piperidine rings is 1. The molecule has 3 aromatic heterocycles. The second-order valence-electron chi connectivity index (χ2n) is 5.15. The van der Waals surface area contributed by atoms with Crippen molar-refractivity contribution in [3.63, 3.8) is 0 Å². The largest absolute Gasteiger partial charge is 0.488 e. The Morgan fingerprint density at radius 3 is 3.00 bits per heavy atom. The number of nitrogens with one attached hydrogen (secondary N) is 2. The molecule has 0 unspecified atom stereocenters. The van der Waals surface area contributed by atoms with Crippen molar-refractivity contribution in [3.05, 3.63) is 30.7 Å². The van der Waals surface area contributed by atoms with Crippen molar-refractivity contribution in [2.24, 2.45) is 0 Å². The highest BCUT2D eigenvalue weighted by molar-refractivity contribution is 6.08. The van der Waals surface area contributed by atoms with Crippen LogP contribution in [0.4, 0.5) is 0 Å². The number of hydrogen-bond donors (Lipinski definition) is 2. The van der Waals surface area contributed by atoms with Gasteiger partial charge in [0.05, 0.1) is 23.3 Å². The van der Waals surface area contributed by atoms with E-state index in [-0.39, 0.29) is 6.10 Å². The van der Waals surface area contributed by atoms with Crippen LogP contribution in [0, 0.1) is 0 Å². The Bertz CT molecular complexity index is 746. The van der Waals surface area contributed by atoms with Crippen LogP contribution in [0.15, 0.2) is 30.7 Å². The molecule has 1 saturated heterocycles. The van der Waals surface area contributed by atoms with Crippen LogP contribution in [0.2, 0.25) is 0 Å². The normalized spacial score (nSPS) is 16.8. The fourth-order valence-electron chi connectivity index (χ4n) is 2.83. The minimum absolute atomic E-state index is 0.269. The second-order valence-corrected chi connectivity index (χ2v) is 5.15. The number of pyridine rings is 2. The molecule has 1 fully saturated rings. The number of aromatic amines is 1. The Labute approximate surface area is 116 Å². The molecule has 1 aliphatic heterocycles. The Morgan fingerprint density at radius 2 is 2.10 bits per heavy atom. The van der Waals surface area contributed by atoms with Gasteiger partial charge in [-0.15, -0.1) is 0 Å². The molecular formula is C15H16N4O. The lowest BCUT2D eigenvalue weighted by molar-refractivity contribution is 0.164. The van der Waals surface area contributed by atoms with E-state index in [2.05, 4.69) is 26.3 Å². The number of ether oxygens (including phenoxy) is 1. The summed E-state index contributed by atoms with van der Waals surface area (Å²) in [7, 11) is 0. The average molecular weight is 268 g/mol. The predicted molar refractivity (Wildman–Crippen MR) is 77.9 cm³/mol. The zero-order valence-electron chi connectivity index (χ0n) is 11.1. The highest BCUT2D eigenvalue weighted by Gasteiger charge is 2.17. The number of hydrogen-bond acceptors (Lipinski definition) is 4. The first-order chi connectivity index (χ1) is 9.92. The molecule has 0 radical (unpaired) electrons. The van der Waals surface area contributed by atoms with Gasteiger partial charge in [-0.05, 0) is 38.1 Å². The standard InChI is InChI=1S/C15H16N4O/c1-2-11-14-12(19-15(11)18-5-1)8-17-9-13(14)20-10-3-6-16-7-4-10/h1-2,5,8-10,16H,3-4,6-7H2,(H,18,19). The van der Waals surface area contributed by atoms with E-state index in [0.29, 0.717) is 0 Å². The van der Waals surface area contributed by atoms with Gasteiger partial charge in [0.15, 0.2) is 0 Å². The summed E-state index contributed by atoms with van der Waals surface area (Å²) < 4.78 is 6.18. The van der Waals surface area contributed by atoms with E-state index in [0.717, 1.165) is 53.6 Å². The third-order valence-corrected chi connectivity index (χ3v) is 3.82. The molecule has 0 amide bonds. The lowest BCUT2D eigenvalue weighted by Crippen LogP contribution is -2.34. The molecule has 0 atom stereocenters. The van der Waals surface area contributed by atoms with Gasteiger partial charge in [0.2, 0.25) is 0 Å². The van der Waals surface area contributed by atoms with Crippen LogP contribution in [-0.4, -0.2) is 34.1 Å². The van der Waals surface area contributed by atoms with E-state index in [1.54, 1.807) is 6.20 Å². The number of H-pyrrole nitrogens is 1. The topological polar surface area (TPSA) is 62.8 Å². The van der Waals surface area contributed by atoms with E-state index >= 15 is 0 Å². The first-order valence-electron chi connectivity index (χ1n) is 6.99. The molecule has 0 aromatic carbocycles. The summed E-state index contributed by atoms with van der Waals surface area (Å²) in [6, 6.07) is 4.01. The third-order valence-electron chi connectivity index (χ3n) is 3.82. The Hall–Kier alpha value is -2.14. The maximum Gasteiger partial charge on any atom is 0.148 e. The third kappa shape index (κ3) is 1.91. The zero-order valence-corrected chi connectivity index (χ0v) is 11.1. The smallest absolute Gasteiger partial charge is 0.148 e. The molecule has 5 nitrogen and oxygen atoms in total. The van der Waals surface area contributed by atoms with Crippen LogP contribution in [0.3, 0.4) is 0 Å². The van der Waals surface area contributed by atoms with Crippen molar-refractivity contribution in [3.8, 4) is 5.75 Å². The van der Waals surface area contributed by atoms with Crippen molar-refractivity contribution in [1.29, 1.82) is 0 Å². The average Bonchev–Trinajstić information content (AvgIpc) is 2.88. The number of fused-ring (bicyclic) bond motifs is 3. The maximum atomic E-state index is 6.18. The highest BCUT2D eigenvalue weighted by Crippen LogP contribution is 2.32. The van der Waals surface area contributed by atoms with Crippen molar-refractivity contribution < 1.29 is 4.74 Å². The van der Waals surface area contributed by atoms with Crippen molar-refractivity contribution in [1.82, 2.24) is 20.3 Å². The Kier molecular flexibility index (Phi) is 2.77. The van der Waals surface area contributed by atoms with Gasteiger partial charge in [0.1, 0.15) is 17.5 Å². The first kappa shape index (κ1) is 11.7. The highest BCUT2D eigenvalue weighted by atomic mass is 16.5.